The molecule has 0 aromatic carbocycles. The van der Waals surface area contributed by atoms with E-state index in [4.69, 9.17) is 4.74 Å². The number of nitrogens with zero attached hydrogens (tertiary/aromatic N) is 2. The molecule has 1 N–H and O–H groups in total. The van der Waals surface area contributed by atoms with E-state index in [-0.39, 0.29) is 11.2 Å². The minimum atomic E-state index is -0.354. The molecule has 0 atom stereocenters. The maximum absolute atomic E-state index is 11.4. The van der Waals surface area contributed by atoms with Crippen molar-refractivity contribution in [2.45, 2.75) is 6.54 Å². The fourth-order valence-corrected chi connectivity index (χ4v) is 1.69. The molecule has 0 saturated carbocycles. The molecule has 2 heterocycles. The first kappa shape index (κ1) is 11.1. The number of ether oxygens (including phenoxy) is 1. The van der Waals surface area contributed by atoms with Crippen molar-refractivity contribution in [2.24, 2.45) is 0 Å². The Morgan fingerprint density at radius 2 is 2.00 bits per heavy atom. The van der Waals surface area contributed by atoms with Crippen molar-refractivity contribution >= 4 is 0 Å². The highest BCUT2D eigenvalue weighted by Crippen LogP contribution is 1.96. The molecule has 1 saturated heterocycles. The van der Waals surface area contributed by atoms with Gasteiger partial charge in [-0.2, -0.15) is 0 Å². The van der Waals surface area contributed by atoms with Crippen molar-refractivity contribution in [2.75, 3.05) is 32.8 Å². The molecule has 88 valence electrons. The molecule has 1 aliphatic heterocycles. The van der Waals surface area contributed by atoms with Crippen LogP contribution >= 0.6 is 0 Å². The van der Waals surface area contributed by atoms with Gasteiger partial charge in [0, 0.05) is 38.4 Å². The van der Waals surface area contributed by atoms with Crippen molar-refractivity contribution in [1.82, 2.24) is 14.5 Å². The maximum Gasteiger partial charge on any atom is 0.328 e. The highest BCUT2D eigenvalue weighted by Gasteiger charge is 2.09. The third-order valence-corrected chi connectivity index (χ3v) is 2.66. The number of aromatic nitrogens is 2. The van der Waals surface area contributed by atoms with Crippen molar-refractivity contribution in [3.8, 4) is 0 Å². The number of rotatable bonds is 3. The Bertz CT molecular complexity index is 445. The van der Waals surface area contributed by atoms with E-state index in [1.54, 1.807) is 0 Å². The number of nitrogens with one attached hydrogen (secondary N) is 1. The second-order valence-corrected chi connectivity index (χ2v) is 3.76. The molecule has 1 aromatic rings. The van der Waals surface area contributed by atoms with Crippen LogP contribution in [0.15, 0.2) is 21.9 Å². The summed E-state index contributed by atoms with van der Waals surface area (Å²) in [6, 6.07) is 1.36. The minimum absolute atomic E-state index is 0.347. The molecule has 0 aliphatic carbocycles. The summed E-state index contributed by atoms with van der Waals surface area (Å²) in [6.07, 6.45) is 1.53. The summed E-state index contributed by atoms with van der Waals surface area (Å²) in [5, 5.41) is 0. The van der Waals surface area contributed by atoms with Gasteiger partial charge >= 0.3 is 5.69 Å². The van der Waals surface area contributed by atoms with Gasteiger partial charge in [-0.05, 0) is 0 Å². The van der Waals surface area contributed by atoms with Crippen LogP contribution < -0.4 is 11.2 Å². The second kappa shape index (κ2) is 5.09. The van der Waals surface area contributed by atoms with Gasteiger partial charge in [-0.25, -0.2) is 4.79 Å². The lowest BCUT2D eigenvalue weighted by Gasteiger charge is -2.26. The smallest absolute Gasteiger partial charge is 0.328 e. The topological polar surface area (TPSA) is 67.3 Å². The van der Waals surface area contributed by atoms with Gasteiger partial charge in [0.25, 0.3) is 5.56 Å². The molecular weight excluding hydrogens is 210 g/mol. The van der Waals surface area contributed by atoms with E-state index in [2.05, 4.69) is 9.88 Å². The molecule has 6 nitrogen and oxygen atoms in total. The van der Waals surface area contributed by atoms with Crippen LogP contribution in [0.5, 0.6) is 0 Å². The van der Waals surface area contributed by atoms with Crippen LogP contribution in [0.1, 0.15) is 0 Å². The maximum atomic E-state index is 11.4. The molecule has 0 spiro atoms. The van der Waals surface area contributed by atoms with Crippen molar-refractivity contribution in [3.63, 3.8) is 0 Å². The van der Waals surface area contributed by atoms with E-state index in [0.29, 0.717) is 6.54 Å². The van der Waals surface area contributed by atoms with E-state index in [9.17, 15) is 9.59 Å². The first-order valence-electron chi connectivity index (χ1n) is 5.35. The summed E-state index contributed by atoms with van der Waals surface area (Å²) < 4.78 is 6.74. The van der Waals surface area contributed by atoms with Gasteiger partial charge in [0.15, 0.2) is 0 Å². The molecule has 0 amide bonds. The second-order valence-electron chi connectivity index (χ2n) is 3.76. The average molecular weight is 225 g/mol. The van der Waals surface area contributed by atoms with Gasteiger partial charge in [0.1, 0.15) is 0 Å². The van der Waals surface area contributed by atoms with Gasteiger partial charge in [-0.3, -0.25) is 19.2 Å². The summed E-state index contributed by atoms with van der Waals surface area (Å²) in [5.74, 6) is 0. The highest BCUT2D eigenvalue weighted by molar-refractivity contribution is 4.82. The predicted octanol–water partition coefficient (Wildman–Crippen LogP) is -1.13. The molecule has 6 heteroatoms. The number of morpholine rings is 1. The summed E-state index contributed by atoms with van der Waals surface area (Å²) >= 11 is 0. The lowest BCUT2D eigenvalue weighted by molar-refractivity contribution is 0.0362. The van der Waals surface area contributed by atoms with Crippen LogP contribution in [-0.2, 0) is 11.3 Å². The van der Waals surface area contributed by atoms with Crippen LogP contribution in [0.4, 0.5) is 0 Å². The Balaban J connectivity index is 1.93. The number of hydrogen-bond acceptors (Lipinski definition) is 4. The summed E-state index contributed by atoms with van der Waals surface area (Å²) in [4.78, 5) is 26.7. The normalized spacial score (nSPS) is 17.5. The monoisotopic (exact) mass is 225 g/mol. The number of aromatic amines is 1. The third kappa shape index (κ3) is 2.80. The number of hydrogen-bond donors (Lipinski definition) is 1. The molecule has 0 radical (unpaired) electrons. The van der Waals surface area contributed by atoms with E-state index < -0.39 is 0 Å². The van der Waals surface area contributed by atoms with Crippen LogP contribution in [0.25, 0.3) is 0 Å². The van der Waals surface area contributed by atoms with Crippen LogP contribution in [0, 0.1) is 0 Å². The molecule has 0 bridgehead atoms. The zero-order chi connectivity index (χ0) is 11.4. The highest BCUT2D eigenvalue weighted by atomic mass is 16.5. The van der Waals surface area contributed by atoms with Gasteiger partial charge < -0.3 is 4.74 Å². The van der Waals surface area contributed by atoms with E-state index >= 15 is 0 Å². The SMILES string of the molecule is O=c1ccn(CCN2CCOCC2)c(=O)[nH]1. The standard InChI is InChI=1S/C10H15N3O3/c14-9-1-2-13(10(15)11-9)4-3-12-5-7-16-8-6-12/h1-2H,3-8H2,(H,11,14,15). The van der Waals surface area contributed by atoms with Gasteiger partial charge in [-0.15, -0.1) is 0 Å². The Morgan fingerprint density at radius 1 is 1.25 bits per heavy atom. The molecule has 1 aliphatic rings. The van der Waals surface area contributed by atoms with E-state index in [1.165, 1.54) is 16.8 Å². The Labute approximate surface area is 92.5 Å². The van der Waals surface area contributed by atoms with Crippen molar-refractivity contribution < 1.29 is 4.74 Å². The third-order valence-electron chi connectivity index (χ3n) is 2.66. The quantitative estimate of drug-likeness (QED) is 0.706. The first-order chi connectivity index (χ1) is 7.75. The molecule has 1 aromatic heterocycles. The molecule has 2 rings (SSSR count). The predicted molar refractivity (Wildman–Crippen MR) is 58.6 cm³/mol. The lowest BCUT2D eigenvalue weighted by Crippen LogP contribution is -2.40. The van der Waals surface area contributed by atoms with Crippen LogP contribution in [-0.4, -0.2) is 47.3 Å². The van der Waals surface area contributed by atoms with Crippen LogP contribution in [0.2, 0.25) is 0 Å². The minimum Gasteiger partial charge on any atom is -0.379 e. The van der Waals surface area contributed by atoms with Gasteiger partial charge in [0.2, 0.25) is 0 Å². The van der Waals surface area contributed by atoms with Crippen molar-refractivity contribution in [1.29, 1.82) is 0 Å². The van der Waals surface area contributed by atoms with Gasteiger partial charge in [0.05, 0.1) is 13.2 Å². The summed E-state index contributed by atoms with van der Waals surface area (Å²) in [5.41, 5.74) is -0.701. The van der Waals surface area contributed by atoms with E-state index in [1.807, 2.05) is 0 Å². The zero-order valence-corrected chi connectivity index (χ0v) is 9.02. The largest absolute Gasteiger partial charge is 0.379 e. The van der Waals surface area contributed by atoms with Gasteiger partial charge in [-0.1, -0.05) is 0 Å². The first-order valence-corrected chi connectivity index (χ1v) is 5.35. The van der Waals surface area contributed by atoms with Crippen LogP contribution in [0.3, 0.4) is 0 Å². The van der Waals surface area contributed by atoms with Crippen molar-refractivity contribution in [3.05, 3.63) is 33.1 Å². The number of H-pyrrole nitrogens is 1. The Morgan fingerprint density at radius 3 is 2.69 bits per heavy atom. The Kier molecular flexibility index (Phi) is 3.53. The summed E-state index contributed by atoms with van der Waals surface area (Å²) in [7, 11) is 0. The lowest BCUT2D eigenvalue weighted by atomic mass is 10.4. The molecular formula is C10H15N3O3. The Hall–Kier alpha value is -1.40. The zero-order valence-electron chi connectivity index (χ0n) is 9.02. The summed E-state index contributed by atoms with van der Waals surface area (Å²) in [6.45, 7) is 4.70. The molecule has 0 unspecified atom stereocenters. The van der Waals surface area contributed by atoms with E-state index in [0.717, 1.165) is 32.8 Å². The molecule has 16 heavy (non-hydrogen) atoms. The fourth-order valence-electron chi connectivity index (χ4n) is 1.69. The fraction of sp³-hybridized carbons (Fsp3) is 0.600. The average Bonchev–Trinajstić information content (AvgIpc) is 2.29. The molecule has 1 fully saturated rings.